The van der Waals surface area contributed by atoms with Gasteiger partial charge in [-0.1, -0.05) is 18.2 Å². The van der Waals surface area contributed by atoms with Gasteiger partial charge in [-0.25, -0.2) is 10.9 Å². The number of methoxy groups -OCH3 is 4. The number of anilines is 1. The molecule has 0 heterocycles. The van der Waals surface area contributed by atoms with Crippen molar-refractivity contribution in [3.8, 4) is 23.0 Å². The Kier molecular flexibility index (Phi) is 10.4. The smallest absolute Gasteiger partial charge is 0.297 e. The lowest BCUT2D eigenvalue weighted by Gasteiger charge is -2.08. The van der Waals surface area contributed by atoms with Crippen LogP contribution in [-0.4, -0.2) is 58.4 Å². The number of para-hydroxylation sites is 1. The lowest BCUT2D eigenvalue weighted by molar-refractivity contribution is -0.118. The van der Waals surface area contributed by atoms with E-state index in [1.807, 2.05) is 6.07 Å². The molecule has 0 radical (unpaired) electrons. The van der Waals surface area contributed by atoms with E-state index in [-0.39, 0.29) is 0 Å². The van der Waals surface area contributed by atoms with Crippen LogP contribution in [0.5, 0.6) is 23.0 Å². The highest BCUT2D eigenvalue weighted by Gasteiger charge is 2.20. The van der Waals surface area contributed by atoms with Crippen LogP contribution < -0.4 is 35.2 Å². The predicted octanol–water partition coefficient (Wildman–Crippen LogP) is 2.79. The molecule has 0 bridgehead atoms. The molecule has 3 aromatic carbocycles. The molecule has 0 saturated carbocycles. The van der Waals surface area contributed by atoms with Crippen LogP contribution in [0.3, 0.4) is 0 Å². The van der Waals surface area contributed by atoms with Crippen molar-refractivity contribution < 1.29 is 28.5 Å². The summed E-state index contributed by atoms with van der Waals surface area (Å²) in [6.45, 7) is 0. The Morgan fingerprint density at radius 1 is 0.641 bits per heavy atom. The van der Waals surface area contributed by atoms with E-state index in [1.54, 1.807) is 60.7 Å². The van der Waals surface area contributed by atoms with E-state index in [0.29, 0.717) is 39.8 Å². The number of carbonyl (C=O) groups excluding carboxylic acids is 2. The maximum Gasteiger partial charge on any atom is 0.297 e. The first-order valence-electron chi connectivity index (χ1n) is 11.5. The number of hydrazone groups is 3. The van der Waals surface area contributed by atoms with Gasteiger partial charge in [0.15, 0.2) is 23.0 Å². The van der Waals surface area contributed by atoms with Gasteiger partial charge in [0.05, 0.1) is 46.6 Å². The third-order valence-electron chi connectivity index (χ3n) is 5.08. The van der Waals surface area contributed by atoms with E-state index in [2.05, 4.69) is 31.6 Å². The van der Waals surface area contributed by atoms with E-state index < -0.39 is 17.5 Å². The maximum absolute atomic E-state index is 12.8. The molecule has 3 rings (SSSR count). The fraction of sp³-hybridized carbons (Fsp3) is 0.148. The molecule has 3 aromatic rings. The van der Waals surface area contributed by atoms with Crippen LogP contribution in [0.4, 0.5) is 5.69 Å². The highest BCUT2D eigenvalue weighted by atomic mass is 16.5. The van der Waals surface area contributed by atoms with Gasteiger partial charge in [0.1, 0.15) is 0 Å². The van der Waals surface area contributed by atoms with Crippen LogP contribution in [0.25, 0.3) is 0 Å². The average molecular weight is 533 g/mol. The molecule has 0 saturated heterocycles. The Balaban J connectivity index is 1.74. The minimum atomic E-state index is -0.867. The first-order valence-corrected chi connectivity index (χ1v) is 11.5. The van der Waals surface area contributed by atoms with E-state index in [9.17, 15) is 9.59 Å². The molecule has 0 spiro atoms. The second-order valence-electron chi connectivity index (χ2n) is 7.57. The molecule has 0 aromatic heterocycles. The molecule has 2 amide bonds. The molecule has 39 heavy (non-hydrogen) atoms. The Hall–Kier alpha value is -5.39. The van der Waals surface area contributed by atoms with Crippen molar-refractivity contribution in [1.29, 1.82) is 0 Å². The number of hydrogen-bond acceptors (Lipinski definition) is 10. The summed E-state index contributed by atoms with van der Waals surface area (Å²) in [5.41, 5.74) is 8.58. The summed E-state index contributed by atoms with van der Waals surface area (Å²) in [5.74, 6) is 0.348. The summed E-state index contributed by atoms with van der Waals surface area (Å²) in [6.07, 6.45) is 2.77. The monoisotopic (exact) mass is 532 g/mol. The number of hydrogen-bond donors (Lipinski definition) is 3. The summed E-state index contributed by atoms with van der Waals surface area (Å²) in [5, 5.41) is 11.8. The van der Waals surface area contributed by atoms with Gasteiger partial charge in [-0.05, 0) is 59.7 Å². The molecule has 0 fully saturated rings. The Bertz CT molecular complexity index is 1290. The van der Waals surface area contributed by atoms with Gasteiger partial charge < -0.3 is 18.9 Å². The SMILES string of the molecule is COc1ccc(C=NNC(=O)C(=NNc2ccccc2)C(=O)NN=Cc2ccc(OC)c(OC)c2)cc1OC. The van der Waals surface area contributed by atoms with Gasteiger partial charge in [-0.3, -0.25) is 15.0 Å². The van der Waals surface area contributed by atoms with Gasteiger partial charge in [-0.15, -0.1) is 0 Å². The van der Waals surface area contributed by atoms with Gasteiger partial charge in [0.2, 0.25) is 5.71 Å². The molecule has 0 atom stereocenters. The van der Waals surface area contributed by atoms with Crippen molar-refractivity contribution in [2.75, 3.05) is 33.9 Å². The van der Waals surface area contributed by atoms with Crippen LogP contribution in [0.2, 0.25) is 0 Å². The third-order valence-corrected chi connectivity index (χ3v) is 5.08. The molecular weight excluding hydrogens is 504 g/mol. The molecule has 12 heteroatoms. The largest absolute Gasteiger partial charge is 0.493 e. The van der Waals surface area contributed by atoms with Gasteiger partial charge in [0, 0.05) is 0 Å². The highest BCUT2D eigenvalue weighted by molar-refractivity contribution is 6.65. The normalized spacial score (nSPS) is 10.6. The first kappa shape index (κ1) is 28.2. The van der Waals surface area contributed by atoms with Crippen molar-refractivity contribution in [3.05, 3.63) is 77.9 Å². The maximum atomic E-state index is 12.8. The lowest BCUT2D eigenvalue weighted by atomic mass is 10.2. The Morgan fingerprint density at radius 2 is 1.10 bits per heavy atom. The van der Waals surface area contributed by atoms with Crippen molar-refractivity contribution in [3.63, 3.8) is 0 Å². The zero-order valence-corrected chi connectivity index (χ0v) is 21.8. The van der Waals surface area contributed by atoms with E-state index in [0.717, 1.165) is 0 Å². The molecular formula is C27H28N6O6. The molecule has 0 aliphatic rings. The zero-order valence-electron chi connectivity index (χ0n) is 21.8. The number of carbonyl (C=O) groups is 2. The molecule has 0 aliphatic carbocycles. The van der Waals surface area contributed by atoms with Crippen LogP contribution in [0.15, 0.2) is 82.0 Å². The second kappa shape index (κ2) is 14.4. The summed E-state index contributed by atoms with van der Waals surface area (Å²) in [6, 6.07) is 19.0. The number of rotatable bonds is 12. The highest BCUT2D eigenvalue weighted by Crippen LogP contribution is 2.27. The van der Waals surface area contributed by atoms with Gasteiger partial charge >= 0.3 is 0 Å². The summed E-state index contributed by atoms with van der Waals surface area (Å²) < 4.78 is 20.9. The fourth-order valence-electron chi connectivity index (χ4n) is 3.14. The van der Waals surface area contributed by atoms with Gasteiger partial charge in [0.25, 0.3) is 11.8 Å². The van der Waals surface area contributed by atoms with Crippen molar-refractivity contribution in [2.24, 2.45) is 15.3 Å². The minimum Gasteiger partial charge on any atom is -0.493 e. The fourth-order valence-corrected chi connectivity index (χ4v) is 3.14. The molecule has 202 valence electrons. The number of amides is 2. The van der Waals surface area contributed by atoms with Crippen LogP contribution in [0.1, 0.15) is 11.1 Å². The van der Waals surface area contributed by atoms with E-state index in [1.165, 1.54) is 40.9 Å². The van der Waals surface area contributed by atoms with Crippen molar-refractivity contribution in [1.82, 2.24) is 10.9 Å². The lowest BCUT2D eigenvalue weighted by Crippen LogP contribution is -2.39. The predicted molar refractivity (Wildman–Crippen MR) is 148 cm³/mol. The van der Waals surface area contributed by atoms with Crippen LogP contribution in [-0.2, 0) is 9.59 Å². The minimum absolute atomic E-state index is 0.494. The Morgan fingerprint density at radius 3 is 1.54 bits per heavy atom. The number of benzene rings is 3. The van der Waals surface area contributed by atoms with Crippen molar-refractivity contribution in [2.45, 2.75) is 0 Å². The van der Waals surface area contributed by atoms with Crippen molar-refractivity contribution >= 4 is 35.6 Å². The molecule has 3 N–H and O–H groups in total. The standard InChI is InChI=1S/C27H28N6O6/c1-36-21-12-10-18(14-23(21)38-3)16-28-32-26(34)25(31-30-20-8-6-5-7-9-20)27(35)33-29-17-19-11-13-22(37-2)24(15-19)39-4/h5-17,30H,1-4H3,(H,32,34)(H,33,35). The molecule has 0 aliphatic heterocycles. The van der Waals surface area contributed by atoms with Crippen LogP contribution in [0, 0.1) is 0 Å². The summed E-state index contributed by atoms with van der Waals surface area (Å²) in [7, 11) is 6.07. The number of nitrogens with one attached hydrogen (secondary N) is 3. The summed E-state index contributed by atoms with van der Waals surface area (Å²) in [4.78, 5) is 25.6. The topological polar surface area (TPSA) is 144 Å². The second-order valence-corrected chi connectivity index (χ2v) is 7.57. The average Bonchev–Trinajstić information content (AvgIpc) is 2.97. The summed E-state index contributed by atoms with van der Waals surface area (Å²) >= 11 is 0. The van der Waals surface area contributed by atoms with E-state index in [4.69, 9.17) is 18.9 Å². The van der Waals surface area contributed by atoms with E-state index >= 15 is 0 Å². The Labute approximate surface area is 225 Å². The van der Waals surface area contributed by atoms with Crippen LogP contribution >= 0.6 is 0 Å². The molecule has 12 nitrogen and oxygen atoms in total. The first-order chi connectivity index (χ1) is 19.0. The quantitative estimate of drug-likeness (QED) is 0.185. The number of ether oxygens (including phenoxy) is 4. The molecule has 0 unspecified atom stereocenters. The van der Waals surface area contributed by atoms with Gasteiger partial charge in [-0.2, -0.15) is 15.3 Å². The zero-order chi connectivity index (χ0) is 28.0. The third kappa shape index (κ3) is 8.05. The number of nitrogens with zero attached hydrogens (tertiary/aromatic N) is 3.